The van der Waals surface area contributed by atoms with Crippen molar-refractivity contribution in [3.8, 4) is 0 Å². The van der Waals surface area contributed by atoms with Crippen molar-refractivity contribution in [1.82, 2.24) is 10.6 Å². The monoisotopic (exact) mass is 375 g/mol. The van der Waals surface area contributed by atoms with Gasteiger partial charge < -0.3 is 15.5 Å². The predicted octanol–water partition coefficient (Wildman–Crippen LogP) is 4.53. The molecule has 1 aromatic carbocycles. The molecular weight excluding hydrogens is 338 g/mol. The molecule has 0 aliphatic heterocycles. The fourth-order valence-corrected chi connectivity index (χ4v) is 3.01. The number of nitrogens with zero attached hydrogens (tertiary/aromatic N) is 1. The molecule has 0 fully saturated rings. The third-order valence-electron chi connectivity index (χ3n) is 4.73. The molecule has 1 atom stereocenters. The summed E-state index contributed by atoms with van der Waals surface area (Å²) in [6, 6.07) is 8.09. The lowest BCUT2D eigenvalue weighted by molar-refractivity contribution is -0.124. The summed E-state index contributed by atoms with van der Waals surface area (Å²) in [5.41, 5.74) is 2.05. The minimum Gasteiger partial charge on any atom is -0.372 e. The maximum atomic E-state index is 12.3. The van der Waals surface area contributed by atoms with Crippen molar-refractivity contribution in [2.75, 3.05) is 18.0 Å². The molecule has 0 saturated carbocycles. The van der Waals surface area contributed by atoms with E-state index in [4.69, 9.17) is 0 Å². The molecule has 0 aromatic heterocycles. The van der Waals surface area contributed by atoms with Gasteiger partial charge in [-0.3, -0.25) is 9.59 Å². The van der Waals surface area contributed by atoms with E-state index in [9.17, 15) is 9.59 Å². The van der Waals surface area contributed by atoms with E-state index in [0.29, 0.717) is 12.8 Å². The first kappa shape index (κ1) is 23.0. The Bertz CT molecular complexity index is 553. The van der Waals surface area contributed by atoms with Crippen LogP contribution >= 0.6 is 0 Å². The van der Waals surface area contributed by atoms with Crippen LogP contribution in [-0.2, 0) is 9.59 Å². The predicted molar refractivity (Wildman–Crippen MR) is 113 cm³/mol. The van der Waals surface area contributed by atoms with Crippen LogP contribution in [0.5, 0.6) is 0 Å². The first-order valence-electron chi connectivity index (χ1n) is 10.5. The number of carbonyl (C=O) groups is 2. The van der Waals surface area contributed by atoms with Crippen molar-refractivity contribution in [2.45, 2.75) is 78.8 Å². The second kappa shape index (κ2) is 13.2. The van der Waals surface area contributed by atoms with Gasteiger partial charge >= 0.3 is 0 Å². The van der Waals surface area contributed by atoms with Crippen molar-refractivity contribution < 1.29 is 9.59 Å². The Hall–Kier alpha value is -2.04. The maximum absolute atomic E-state index is 12.3. The van der Waals surface area contributed by atoms with Crippen LogP contribution in [0.25, 0.3) is 0 Å². The lowest BCUT2D eigenvalue weighted by Crippen LogP contribution is -2.41. The van der Waals surface area contributed by atoms with Crippen LogP contribution in [-0.4, -0.2) is 24.9 Å². The molecule has 1 unspecified atom stereocenters. The molecule has 2 N–H and O–H groups in total. The summed E-state index contributed by atoms with van der Waals surface area (Å²) in [4.78, 5) is 26.8. The molecule has 1 aromatic rings. The molecule has 0 aliphatic rings. The third-order valence-corrected chi connectivity index (χ3v) is 4.73. The number of benzene rings is 1. The van der Waals surface area contributed by atoms with E-state index in [1.807, 2.05) is 12.1 Å². The minimum absolute atomic E-state index is 0.0166. The third kappa shape index (κ3) is 8.46. The van der Waals surface area contributed by atoms with Gasteiger partial charge in [0, 0.05) is 31.6 Å². The van der Waals surface area contributed by atoms with Crippen LogP contribution in [0, 0.1) is 0 Å². The Kier molecular flexibility index (Phi) is 11.2. The highest BCUT2D eigenvalue weighted by Crippen LogP contribution is 2.19. The SMILES string of the molecule is CCCCCC(=O)NC(NC(=O)CCCC)c1ccc(N(CC)CC)cc1. The summed E-state index contributed by atoms with van der Waals surface area (Å²) in [7, 11) is 0. The van der Waals surface area contributed by atoms with Crippen LogP contribution < -0.4 is 15.5 Å². The van der Waals surface area contributed by atoms with Gasteiger partial charge in [-0.2, -0.15) is 0 Å². The van der Waals surface area contributed by atoms with E-state index in [1.165, 1.54) is 0 Å². The molecule has 1 rings (SSSR count). The number of unbranched alkanes of at least 4 members (excludes halogenated alkanes) is 3. The van der Waals surface area contributed by atoms with Crippen LogP contribution in [0.1, 0.15) is 84.4 Å². The fourth-order valence-electron chi connectivity index (χ4n) is 3.01. The van der Waals surface area contributed by atoms with E-state index >= 15 is 0 Å². The van der Waals surface area contributed by atoms with Gasteiger partial charge in [-0.25, -0.2) is 0 Å². The van der Waals surface area contributed by atoms with Gasteiger partial charge in [0.1, 0.15) is 6.17 Å². The molecule has 2 amide bonds. The van der Waals surface area contributed by atoms with Crippen molar-refractivity contribution in [3.63, 3.8) is 0 Å². The molecule has 0 radical (unpaired) electrons. The quantitative estimate of drug-likeness (QED) is 0.393. The zero-order valence-electron chi connectivity index (χ0n) is 17.5. The molecular formula is C22H37N3O2. The van der Waals surface area contributed by atoms with Crippen LogP contribution in [0.3, 0.4) is 0 Å². The number of amides is 2. The van der Waals surface area contributed by atoms with E-state index in [1.54, 1.807) is 0 Å². The molecule has 0 bridgehead atoms. The number of rotatable bonds is 13. The first-order valence-corrected chi connectivity index (χ1v) is 10.5. The zero-order chi connectivity index (χ0) is 20.1. The highest BCUT2D eigenvalue weighted by molar-refractivity contribution is 5.79. The van der Waals surface area contributed by atoms with E-state index < -0.39 is 6.17 Å². The Labute approximate surface area is 164 Å². The van der Waals surface area contributed by atoms with E-state index in [-0.39, 0.29) is 11.8 Å². The lowest BCUT2D eigenvalue weighted by Gasteiger charge is -2.24. The van der Waals surface area contributed by atoms with Gasteiger partial charge in [-0.15, -0.1) is 0 Å². The number of hydrogen-bond donors (Lipinski definition) is 2. The molecule has 27 heavy (non-hydrogen) atoms. The summed E-state index contributed by atoms with van der Waals surface area (Å²) < 4.78 is 0. The Morgan fingerprint density at radius 3 is 1.81 bits per heavy atom. The van der Waals surface area contributed by atoms with Gasteiger partial charge in [-0.05, 0) is 44.4 Å². The number of hydrogen-bond acceptors (Lipinski definition) is 3. The Morgan fingerprint density at radius 2 is 1.33 bits per heavy atom. The van der Waals surface area contributed by atoms with Gasteiger partial charge in [0.25, 0.3) is 0 Å². The standard InChI is InChI=1S/C22H37N3O2/c1-5-9-11-13-21(27)24-22(23-20(26)12-10-6-2)18-14-16-19(17-15-18)25(7-3)8-4/h14-17,22H,5-13H2,1-4H3,(H,23,26)(H,24,27). The maximum Gasteiger partial charge on any atom is 0.221 e. The molecule has 0 heterocycles. The van der Waals surface area contributed by atoms with Crippen LogP contribution in [0.2, 0.25) is 0 Å². The normalized spacial score (nSPS) is 11.7. The van der Waals surface area contributed by atoms with Gasteiger partial charge in [0.2, 0.25) is 11.8 Å². The fraction of sp³-hybridized carbons (Fsp3) is 0.636. The summed E-state index contributed by atoms with van der Waals surface area (Å²) in [5.74, 6) is -0.0411. The van der Waals surface area contributed by atoms with Gasteiger partial charge in [-0.1, -0.05) is 45.2 Å². The van der Waals surface area contributed by atoms with Crippen molar-refractivity contribution >= 4 is 17.5 Å². The molecule has 0 saturated heterocycles. The Balaban J connectivity index is 2.85. The molecule has 5 nitrogen and oxygen atoms in total. The van der Waals surface area contributed by atoms with Crippen molar-refractivity contribution in [2.24, 2.45) is 0 Å². The minimum atomic E-state index is -0.478. The van der Waals surface area contributed by atoms with Gasteiger partial charge in [0.05, 0.1) is 0 Å². The smallest absolute Gasteiger partial charge is 0.221 e. The summed E-state index contributed by atoms with van der Waals surface area (Å²) in [6.45, 7) is 10.3. The number of anilines is 1. The number of nitrogens with one attached hydrogen (secondary N) is 2. The molecule has 0 aliphatic carbocycles. The van der Waals surface area contributed by atoms with Crippen LogP contribution in [0.4, 0.5) is 5.69 Å². The van der Waals surface area contributed by atoms with Gasteiger partial charge in [0.15, 0.2) is 0 Å². The summed E-state index contributed by atoms with van der Waals surface area (Å²) in [5, 5.41) is 5.97. The highest BCUT2D eigenvalue weighted by Gasteiger charge is 2.17. The average Bonchev–Trinajstić information content (AvgIpc) is 2.67. The average molecular weight is 376 g/mol. The van der Waals surface area contributed by atoms with Crippen LogP contribution in [0.15, 0.2) is 24.3 Å². The lowest BCUT2D eigenvalue weighted by atomic mass is 10.1. The van der Waals surface area contributed by atoms with E-state index in [2.05, 4.69) is 55.4 Å². The topological polar surface area (TPSA) is 61.4 Å². The van der Waals surface area contributed by atoms with E-state index in [0.717, 1.165) is 56.4 Å². The van der Waals surface area contributed by atoms with Crippen molar-refractivity contribution in [3.05, 3.63) is 29.8 Å². The zero-order valence-corrected chi connectivity index (χ0v) is 17.5. The van der Waals surface area contributed by atoms with Crippen molar-refractivity contribution in [1.29, 1.82) is 0 Å². The second-order valence-corrected chi connectivity index (χ2v) is 6.89. The number of carbonyl (C=O) groups excluding carboxylic acids is 2. The first-order chi connectivity index (χ1) is 13.0. The molecule has 0 spiro atoms. The second-order valence-electron chi connectivity index (χ2n) is 6.89. The molecule has 152 valence electrons. The molecule has 5 heteroatoms. The summed E-state index contributed by atoms with van der Waals surface area (Å²) in [6.07, 6.45) is 5.32. The Morgan fingerprint density at radius 1 is 0.815 bits per heavy atom. The highest BCUT2D eigenvalue weighted by atomic mass is 16.2. The summed E-state index contributed by atoms with van der Waals surface area (Å²) >= 11 is 0. The largest absolute Gasteiger partial charge is 0.372 e.